The monoisotopic (exact) mass is 292 g/mol. The normalized spacial score (nSPS) is 19.8. The van der Waals surface area contributed by atoms with Crippen LogP contribution in [0.1, 0.15) is 6.42 Å². The topological polar surface area (TPSA) is 69.3 Å². The Hall–Kier alpha value is -0.630. The van der Waals surface area contributed by atoms with Crippen molar-refractivity contribution in [3.8, 4) is 0 Å². The number of nitrogens with one attached hydrogen (secondary N) is 1. The Bertz CT molecular complexity index is 462. The van der Waals surface area contributed by atoms with Crippen LogP contribution in [-0.2, 0) is 10.0 Å². The fourth-order valence-electron chi connectivity index (χ4n) is 2.06. The minimum absolute atomic E-state index is 0.160. The highest BCUT2D eigenvalue weighted by Crippen LogP contribution is 2.15. The lowest BCUT2D eigenvalue weighted by Gasteiger charge is -2.20. The van der Waals surface area contributed by atoms with Crippen LogP contribution in [0.2, 0.25) is 0 Å². The first-order valence-electron chi connectivity index (χ1n) is 5.92. The Morgan fingerprint density at radius 1 is 1.33 bits per heavy atom. The molecule has 1 saturated heterocycles. The molecule has 8 heteroatoms. The third-order valence-corrected chi connectivity index (χ3v) is 5.04. The van der Waals surface area contributed by atoms with Crippen LogP contribution in [0.5, 0.6) is 0 Å². The van der Waals surface area contributed by atoms with Gasteiger partial charge in [0.1, 0.15) is 0 Å². The molecule has 0 atom stereocenters. The van der Waals surface area contributed by atoms with Crippen LogP contribution in [0.3, 0.4) is 0 Å². The van der Waals surface area contributed by atoms with Crippen molar-refractivity contribution in [1.29, 1.82) is 0 Å². The molecule has 1 aliphatic rings. The fraction of sp³-hybridized carbons (Fsp3) is 0.700. The zero-order chi connectivity index (χ0) is 13.0. The van der Waals surface area contributed by atoms with E-state index in [1.54, 1.807) is 0 Å². The van der Waals surface area contributed by atoms with Crippen molar-refractivity contribution in [3.63, 3.8) is 0 Å². The maximum absolute atomic E-state index is 12.3. The lowest BCUT2D eigenvalue weighted by molar-refractivity contribution is 0.303. The summed E-state index contributed by atoms with van der Waals surface area (Å²) in [5, 5.41) is 6.37. The van der Waals surface area contributed by atoms with Crippen LogP contribution in [-0.4, -0.2) is 66.4 Å². The molecule has 0 radical (unpaired) electrons. The molecule has 0 saturated carbocycles. The standard InChI is InChI=1S/C10H17ClN4O2S/c11-3-7-14-5-1-6-15(9-8-14)18(16,17)10-2-4-12-13-10/h2,4H,1,3,5-9H2,(H,12,13). The smallest absolute Gasteiger partial charge is 0.260 e. The number of sulfonamides is 1. The zero-order valence-corrected chi connectivity index (χ0v) is 11.6. The predicted molar refractivity (Wildman–Crippen MR) is 69.1 cm³/mol. The van der Waals surface area contributed by atoms with E-state index < -0.39 is 10.0 Å². The molecule has 1 aliphatic heterocycles. The second kappa shape index (κ2) is 6.01. The third-order valence-electron chi connectivity index (χ3n) is 3.04. The number of alkyl halides is 1. The Morgan fingerprint density at radius 2 is 2.17 bits per heavy atom. The Labute approximate surface area is 112 Å². The van der Waals surface area contributed by atoms with E-state index >= 15 is 0 Å². The van der Waals surface area contributed by atoms with Crippen LogP contribution in [0.4, 0.5) is 0 Å². The minimum atomic E-state index is -3.42. The van der Waals surface area contributed by atoms with Gasteiger partial charge in [-0.3, -0.25) is 5.10 Å². The number of hydrogen-bond acceptors (Lipinski definition) is 4. The SMILES string of the molecule is O=S(=O)(c1ccn[nH]1)N1CCCN(CCCl)CC1. The summed E-state index contributed by atoms with van der Waals surface area (Å²) in [6, 6.07) is 1.48. The zero-order valence-electron chi connectivity index (χ0n) is 10.0. The molecule has 1 aromatic heterocycles. The van der Waals surface area contributed by atoms with Crippen molar-refractivity contribution in [2.24, 2.45) is 0 Å². The first-order chi connectivity index (χ1) is 8.64. The quantitative estimate of drug-likeness (QED) is 0.813. The van der Waals surface area contributed by atoms with Crippen molar-refractivity contribution in [1.82, 2.24) is 19.4 Å². The number of hydrogen-bond donors (Lipinski definition) is 1. The van der Waals surface area contributed by atoms with Gasteiger partial charge in [0.25, 0.3) is 10.0 Å². The number of halogens is 1. The van der Waals surface area contributed by atoms with Gasteiger partial charge in [0.15, 0.2) is 5.03 Å². The van der Waals surface area contributed by atoms with Crippen molar-refractivity contribution in [3.05, 3.63) is 12.3 Å². The maximum atomic E-state index is 12.3. The van der Waals surface area contributed by atoms with E-state index in [2.05, 4.69) is 15.1 Å². The second-order valence-corrected chi connectivity index (χ2v) is 6.49. The van der Waals surface area contributed by atoms with E-state index in [0.29, 0.717) is 19.0 Å². The number of nitrogens with zero attached hydrogens (tertiary/aromatic N) is 3. The number of aromatic amines is 1. The Kier molecular flexibility index (Phi) is 4.60. The largest absolute Gasteiger partial charge is 0.301 e. The molecular weight excluding hydrogens is 276 g/mol. The second-order valence-electron chi connectivity index (χ2n) is 4.21. The first-order valence-corrected chi connectivity index (χ1v) is 7.90. The van der Waals surface area contributed by atoms with Gasteiger partial charge in [-0.05, 0) is 19.0 Å². The van der Waals surface area contributed by atoms with Crippen LogP contribution < -0.4 is 0 Å². The van der Waals surface area contributed by atoms with E-state index in [4.69, 9.17) is 11.6 Å². The van der Waals surface area contributed by atoms with Gasteiger partial charge in [-0.1, -0.05) is 0 Å². The summed E-state index contributed by atoms with van der Waals surface area (Å²) in [4.78, 5) is 2.19. The number of aromatic nitrogens is 2. The molecule has 0 bridgehead atoms. The van der Waals surface area contributed by atoms with Gasteiger partial charge in [0.05, 0.1) is 6.20 Å². The molecule has 0 aliphatic carbocycles. The molecular formula is C10H17ClN4O2S. The van der Waals surface area contributed by atoms with E-state index in [1.165, 1.54) is 16.6 Å². The van der Waals surface area contributed by atoms with Crippen LogP contribution >= 0.6 is 11.6 Å². The summed E-state index contributed by atoms with van der Waals surface area (Å²) in [6.07, 6.45) is 2.27. The lowest BCUT2D eigenvalue weighted by atomic mass is 10.4. The average Bonchev–Trinajstić information content (AvgIpc) is 2.78. The summed E-state index contributed by atoms with van der Waals surface area (Å²) in [5.74, 6) is 0.577. The molecule has 1 fully saturated rings. The van der Waals surface area contributed by atoms with Gasteiger partial charge in [0.2, 0.25) is 0 Å². The highest BCUT2D eigenvalue weighted by atomic mass is 35.5. The molecule has 18 heavy (non-hydrogen) atoms. The maximum Gasteiger partial charge on any atom is 0.260 e. The lowest BCUT2D eigenvalue weighted by Crippen LogP contribution is -2.35. The Morgan fingerprint density at radius 3 is 2.83 bits per heavy atom. The van der Waals surface area contributed by atoms with Gasteiger partial charge in [-0.15, -0.1) is 11.6 Å². The van der Waals surface area contributed by atoms with Gasteiger partial charge >= 0.3 is 0 Å². The highest BCUT2D eigenvalue weighted by molar-refractivity contribution is 7.89. The summed E-state index contributed by atoms with van der Waals surface area (Å²) < 4.78 is 26.1. The molecule has 1 aromatic rings. The molecule has 0 unspecified atom stereocenters. The summed E-state index contributed by atoms with van der Waals surface area (Å²) in [6.45, 7) is 3.46. The number of H-pyrrole nitrogens is 1. The van der Waals surface area contributed by atoms with Crippen LogP contribution in [0.15, 0.2) is 17.3 Å². The van der Waals surface area contributed by atoms with Crippen molar-refractivity contribution in [2.75, 3.05) is 38.6 Å². The Balaban J connectivity index is 2.06. The summed E-state index contributed by atoms with van der Waals surface area (Å²) in [5.41, 5.74) is 0. The fourth-order valence-corrected chi connectivity index (χ4v) is 3.67. The van der Waals surface area contributed by atoms with E-state index in [9.17, 15) is 8.42 Å². The molecule has 0 amide bonds. The van der Waals surface area contributed by atoms with Crippen LogP contribution in [0, 0.1) is 0 Å². The van der Waals surface area contributed by atoms with Gasteiger partial charge < -0.3 is 4.90 Å². The summed E-state index contributed by atoms with van der Waals surface area (Å²) >= 11 is 5.71. The average molecular weight is 293 g/mol. The molecule has 6 nitrogen and oxygen atoms in total. The molecule has 2 rings (SSSR count). The molecule has 1 N–H and O–H groups in total. The van der Waals surface area contributed by atoms with E-state index in [0.717, 1.165) is 26.1 Å². The van der Waals surface area contributed by atoms with Crippen molar-refractivity contribution in [2.45, 2.75) is 11.4 Å². The van der Waals surface area contributed by atoms with Gasteiger partial charge in [0, 0.05) is 32.1 Å². The first kappa shape index (κ1) is 13.8. The van der Waals surface area contributed by atoms with E-state index in [-0.39, 0.29) is 5.03 Å². The molecule has 0 spiro atoms. The van der Waals surface area contributed by atoms with Crippen molar-refractivity contribution >= 4 is 21.6 Å². The minimum Gasteiger partial charge on any atom is -0.301 e. The van der Waals surface area contributed by atoms with Gasteiger partial charge in [-0.25, -0.2) is 8.42 Å². The van der Waals surface area contributed by atoms with Crippen molar-refractivity contribution < 1.29 is 8.42 Å². The molecule has 0 aromatic carbocycles. The molecule has 2 heterocycles. The van der Waals surface area contributed by atoms with E-state index in [1.807, 2.05) is 0 Å². The highest BCUT2D eigenvalue weighted by Gasteiger charge is 2.27. The predicted octanol–water partition coefficient (Wildman–Crippen LogP) is 0.345. The number of rotatable bonds is 4. The molecule has 102 valence electrons. The summed E-state index contributed by atoms with van der Waals surface area (Å²) in [7, 11) is -3.42. The van der Waals surface area contributed by atoms with Crippen LogP contribution in [0.25, 0.3) is 0 Å². The third kappa shape index (κ3) is 3.03. The van der Waals surface area contributed by atoms with Gasteiger partial charge in [-0.2, -0.15) is 9.40 Å².